The zero-order valence-corrected chi connectivity index (χ0v) is 13.4. The van der Waals surface area contributed by atoms with Crippen LogP contribution in [-0.4, -0.2) is 5.78 Å². The first-order chi connectivity index (χ1) is 9.45. The van der Waals surface area contributed by atoms with E-state index < -0.39 is 0 Å². The van der Waals surface area contributed by atoms with Gasteiger partial charge in [0.25, 0.3) is 0 Å². The van der Waals surface area contributed by atoms with E-state index in [0.717, 1.165) is 10.2 Å². The van der Waals surface area contributed by atoms with Crippen molar-refractivity contribution in [2.45, 2.75) is 13.8 Å². The number of anilines is 1. The number of benzene rings is 1. The van der Waals surface area contributed by atoms with E-state index in [0.29, 0.717) is 22.2 Å². The van der Waals surface area contributed by atoms with E-state index in [1.807, 2.05) is 19.1 Å². The molecule has 0 aliphatic carbocycles. The van der Waals surface area contributed by atoms with Gasteiger partial charge in [0.15, 0.2) is 5.76 Å². The van der Waals surface area contributed by atoms with Crippen molar-refractivity contribution in [2.24, 2.45) is 0 Å². The van der Waals surface area contributed by atoms with Crippen LogP contribution in [0.2, 0.25) is 5.02 Å². The van der Waals surface area contributed by atoms with Gasteiger partial charge in [-0.25, -0.2) is 0 Å². The first-order valence-electron chi connectivity index (χ1n) is 5.97. The van der Waals surface area contributed by atoms with Crippen molar-refractivity contribution >= 4 is 39.0 Å². The SMILES string of the molecule is C/C(=C\C(=O)c1ccc(C)o1)Nc1ccc(Br)c(Cl)c1. The van der Waals surface area contributed by atoms with Gasteiger partial charge in [-0.3, -0.25) is 4.79 Å². The minimum absolute atomic E-state index is 0.175. The summed E-state index contributed by atoms with van der Waals surface area (Å²) in [5, 5.41) is 3.72. The molecule has 0 saturated carbocycles. The molecule has 1 aromatic carbocycles. The van der Waals surface area contributed by atoms with Gasteiger partial charge >= 0.3 is 0 Å². The number of halogens is 2. The summed E-state index contributed by atoms with van der Waals surface area (Å²) in [6.45, 7) is 3.61. The molecule has 20 heavy (non-hydrogen) atoms. The third kappa shape index (κ3) is 3.74. The number of carbonyl (C=O) groups excluding carboxylic acids is 1. The second kappa shape index (κ2) is 6.29. The molecule has 2 rings (SSSR count). The molecule has 104 valence electrons. The Morgan fingerprint density at radius 3 is 2.70 bits per heavy atom. The lowest BCUT2D eigenvalue weighted by Crippen LogP contribution is -2.00. The molecule has 0 amide bonds. The second-order valence-electron chi connectivity index (χ2n) is 4.36. The summed E-state index contributed by atoms with van der Waals surface area (Å²) >= 11 is 9.34. The molecule has 5 heteroatoms. The molecule has 0 fully saturated rings. The minimum Gasteiger partial charge on any atom is -0.458 e. The van der Waals surface area contributed by atoms with E-state index in [9.17, 15) is 4.79 Å². The van der Waals surface area contributed by atoms with Crippen LogP contribution in [0, 0.1) is 6.92 Å². The summed E-state index contributed by atoms with van der Waals surface area (Å²) in [5.74, 6) is 0.871. The van der Waals surface area contributed by atoms with E-state index in [2.05, 4.69) is 21.2 Å². The Morgan fingerprint density at radius 2 is 2.10 bits per heavy atom. The van der Waals surface area contributed by atoms with Crippen LogP contribution in [0.3, 0.4) is 0 Å². The maximum Gasteiger partial charge on any atom is 0.222 e. The smallest absolute Gasteiger partial charge is 0.222 e. The number of ketones is 1. The standard InChI is InChI=1S/C15H13BrClNO2/c1-9(7-14(19)15-6-3-10(2)20-15)18-11-4-5-12(16)13(17)8-11/h3-8,18H,1-2H3/b9-7+. The zero-order valence-electron chi connectivity index (χ0n) is 11.0. The molecule has 0 unspecified atom stereocenters. The molecule has 0 saturated heterocycles. The average molecular weight is 355 g/mol. The average Bonchev–Trinajstić information content (AvgIpc) is 2.80. The topological polar surface area (TPSA) is 42.2 Å². The third-order valence-electron chi connectivity index (χ3n) is 2.59. The van der Waals surface area contributed by atoms with Crippen molar-refractivity contribution in [3.8, 4) is 0 Å². The lowest BCUT2D eigenvalue weighted by molar-refractivity contribution is 0.102. The molecule has 1 aromatic heterocycles. The van der Waals surface area contributed by atoms with Crippen LogP contribution in [0.1, 0.15) is 23.2 Å². The van der Waals surface area contributed by atoms with E-state index in [1.165, 1.54) is 6.08 Å². The molecule has 1 heterocycles. The number of hydrogen-bond donors (Lipinski definition) is 1. The van der Waals surface area contributed by atoms with Crippen LogP contribution in [0.5, 0.6) is 0 Å². The summed E-state index contributed by atoms with van der Waals surface area (Å²) in [6, 6.07) is 8.92. The van der Waals surface area contributed by atoms with Gasteiger partial charge in [0.05, 0.1) is 5.02 Å². The van der Waals surface area contributed by atoms with Gasteiger partial charge in [0.2, 0.25) is 5.78 Å². The number of carbonyl (C=O) groups is 1. The summed E-state index contributed by atoms with van der Waals surface area (Å²) in [7, 11) is 0. The lowest BCUT2D eigenvalue weighted by atomic mass is 10.2. The van der Waals surface area contributed by atoms with Crippen molar-refractivity contribution in [1.29, 1.82) is 0 Å². The first kappa shape index (κ1) is 14.9. The van der Waals surface area contributed by atoms with Crippen LogP contribution < -0.4 is 5.32 Å². The molecule has 0 aliphatic rings. The number of allylic oxidation sites excluding steroid dienone is 2. The van der Waals surface area contributed by atoms with Gasteiger partial charge < -0.3 is 9.73 Å². The van der Waals surface area contributed by atoms with Gasteiger partial charge in [-0.05, 0) is 60.1 Å². The molecule has 3 nitrogen and oxygen atoms in total. The Balaban J connectivity index is 2.10. The highest BCUT2D eigenvalue weighted by molar-refractivity contribution is 9.10. The number of nitrogens with one attached hydrogen (secondary N) is 1. The molecule has 0 spiro atoms. The maximum absolute atomic E-state index is 11.9. The van der Waals surface area contributed by atoms with Crippen LogP contribution in [-0.2, 0) is 0 Å². The summed E-state index contributed by atoms with van der Waals surface area (Å²) < 4.78 is 6.11. The van der Waals surface area contributed by atoms with Crippen molar-refractivity contribution in [3.63, 3.8) is 0 Å². The minimum atomic E-state index is -0.175. The molecule has 0 radical (unpaired) electrons. The van der Waals surface area contributed by atoms with Gasteiger partial charge in [-0.15, -0.1) is 0 Å². The monoisotopic (exact) mass is 353 g/mol. The molecular weight excluding hydrogens is 342 g/mol. The van der Waals surface area contributed by atoms with Gasteiger partial charge in [-0.1, -0.05) is 11.6 Å². The van der Waals surface area contributed by atoms with E-state index in [4.69, 9.17) is 16.0 Å². The van der Waals surface area contributed by atoms with Crippen molar-refractivity contribution < 1.29 is 9.21 Å². The Kier molecular flexibility index (Phi) is 4.68. The van der Waals surface area contributed by atoms with Crippen molar-refractivity contribution in [1.82, 2.24) is 0 Å². The fourth-order valence-electron chi connectivity index (χ4n) is 1.67. The molecular formula is C15H13BrClNO2. The van der Waals surface area contributed by atoms with Gasteiger partial charge in [0.1, 0.15) is 5.76 Å². The first-order valence-corrected chi connectivity index (χ1v) is 7.14. The van der Waals surface area contributed by atoms with Gasteiger partial charge in [0, 0.05) is 21.9 Å². The zero-order chi connectivity index (χ0) is 14.7. The Hall–Kier alpha value is -1.52. The number of rotatable bonds is 4. The molecule has 2 aromatic rings. The van der Waals surface area contributed by atoms with E-state index in [1.54, 1.807) is 25.1 Å². The fraction of sp³-hybridized carbons (Fsp3) is 0.133. The third-order valence-corrected chi connectivity index (χ3v) is 3.82. The molecule has 0 atom stereocenters. The predicted molar refractivity (Wildman–Crippen MR) is 84.3 cm³/mol. The van der Waals surface area contributed by atoms with Gasteiger partial charge in [-0.2, -0.15) is 0 Å². The Morgan fingerprint density at radius 1 is 1.35 bits per heavy atom. The van der Waals surface area contributed by atoms with E-state index in [-0.39, 0.29) is 5.78 Å². The van der Waals surface area contributed by atoms with Crippen LogP contribution >= 0.6 is 27.5 Å². The number of aryl methyl sites for hydroxylation is 1. The van der Waals surface area contributed by atoms with E-state index >= 15 is 0 Å². The summed E-state index contributed by atoms with van der Waals surface area (Å²) in [5.41, 5.74) is 1.53. The summed E-state index contributed by atoms with van der Waals surface area (Å²) in [6.07, 6.45) is 1.49. The summed E-state index contributed by atoms with van der Waals surface area (Å²) in [4.78, 5) is 11.9. The lowest BCUT2D eigenvalue weighted by Gasteiger charge is -2.07. The van der Waals surface area contributed by atoms with Crippen LogP contribution in [0.25, 0.3) is 0 Å². The Bertz CT molecular complexity index is 676. The quantitative estimate of drug-likeness (QED) is 0.606. The molecule has 0 bridgehead atoms. The molecule has 0 aliphatic heterocycles. The predicted octanol–water partition coefficient (Wildman–Crippen LogP) is 5.20. The van der Waals surface area contributed by atoms with Crippen LogP contribution in [0.15, 0.2) is 51.0 Å². The number of furan rings is 1. The highest BCUT2D eigenvalue weighted by atomic mass is 79.9. The Labute approximate surface area is 130 Å². The fourth-order valence-corrected chi connectivity index (χ4v) is 2.10. The molecule has 1 N–H and O–H groups in total. The normalized spacial score (nSPS) is 11.5. The van der Waals surface area contributed by atoms with Crippen molar-refractivity contribution in [3.05, 3.63) is 63.1 Å². The van der Waals surface area contributed by atoms with Crippen molar-refractivity contribution in [2.75, 3.05) is 5.32 Å². The highest BCUT2D eigenvalue weighted by Crippen LogP contribution is 2.26. The highest BCUT2D eigenvalue weighted by Gasteiger charge is 2.08. The second-order valence-corrected chi connectivity index (χ2v) is 5.62. The van der Waals surface area contributed by atoms with Crippen LogP contribution in [0.4, 0.5) is 5.69 Å². The number of hydrogen-bond acceptors (Lipinski definition) is 3. The maximum atomic E-state index is 11.9. The largest absolute Gasteiger partial charge is 0.458 e.